The fraction of sp³-hybridized carbons (Fsp3) is 0.647. The zero-order valence-corrected chi connectivity index (χ0v) is 14.5. The minimum Gasteiger partial charge on any atom is -0.490 e. The van der Waals surface area contributed by atoms with E-state index < -0.39 is 0 Å². The number of halogens is 1. The third-order valence-electron chi connectivity index (χ3n) is 4.84. The molecule has 1 aromatic rings. The van der Waals surface area contributed by atoms with Crippen LogP contribution in [0.25, 0.3) is 0 Å². The smallest absolute Gasteiger partial charge is 0.164 e. The van der Waals surface area contributed by atoms with E-state index >= 15 is 0 Å². The van der Waals surface area contributed by atoms with E-state index in [2.05, 4.69) is 35.8 Å². The van der Waals surface area contributed by atoms with Crippen LogP contribution in [0.5, 0.6) is 11.5 Å². The topological polar surface area (TPSA) is 44.5 Å². The molecule has 4 heteroatoms. The molecule has 2 aliphatic rings. The molecule has 1 saturated carbocycles. The third-order valence-corrected chi connectivity index (χ3v) is 5.46. The highest BCUT2D eigenvalue weighted by molar-refractivity contribution is 9.10. The summed E-state index contributed by atoms with van der Waals surface area (Å²) in [5.74, 6) is 2.20. The Morgan fingerprint density at radius 3 is 2.52 bits per heavy atom. The van der Waals surface area contributed by atoms with Crippen LogP contribution in [0.15, 0.2) is 10.5 Å². The molecule has 0 saturated heterocycles. The second kappa shape index (κ2) is 5.81. The Morgan fingerprint density at radius 1 is 1.24 bits per heavy atom. The number of nitrogens with two attached hydrogens (primary N) is 1. The summed E-state index contributed by atoms with van der Waals surface area (Å²) in [6.45, 7) is 6.60. The number of fused-ring (bicyclic) bond motifs is 1. The Balaban J connectivity index is 2.21. The number of hydrogen-bond donors (Lipinski definition) is 1. The summed E-state index contributed by atoms with van der Waals surface area (Å²) in [6.07, 6.45) is 4.53. The van der Waals surface area contributed by atoms with Gasteiger partial charge in [-0.05, 0) is 30.4 Å². The van der Waals surface area contributed by atoms with Crippen LogP contribution in [0.2, 0.25) is 0 Å². The monoisotopic (exact) mass is 353 g/mol. The number of benzene rings is 1. The lowest BCUT2D eigenvalue weighted by Crippen LogP contribution is -2.42. The highest BCUT2D eigenvalue weighted by Gasteiger charge is 2.42. The van der Waals surface area contributed by atoms with Crippen LogP contribution in [0, 0.1) is 0 Å². The molecule has 3 rings (SSSR count). The van der Waals surface area contributed by atoms with Gasteiger partial charge in [0.1, 0.15) is 0 Å². The van der Waals surface area contributed by atoms with Gasteiger partial charge in [0.25, 0.3) is 0 Å². The van der Waals surface area contributed by atoms with Crippen LogP contribution < -0.4 is 15.2 Å². The molecule has 0 amide bonds. The van der Waals surface area contributed by atoms with Crippen molar-refractivity contribution in [2.24, 2.45) is 5.73 Å². The summed E-state index contributed by atoms with van der Waals surface area (Å²) >= 11 is 3.78. The maximum atomic E-state index is 6.15. The highest BCUT2D eigenvalue weighted by Crippen LogP contribution is 2.53. The molecule has 1 aliphatic heterocycles. The van der Waals surface area contributed by atoms with Gasteiger partial charge in [-0.3, -0.25) is 0 Å². The van der Waals surface area contributed by atoms with E-state index in [0.717, 1.165) is 35.6 Å². The Labute approximate surface area is 135 Å². The summed E-state index contributed by atoms with van der Waals surface area (Å²) < 4.78 is 13.1. The molecule has 0 bridgehead atoms. The van der Waals surface area contributed by atoms with Crippen molar-refractivity contribution in [3.63, 3.8) is 0 Å². The van der Waals surface area contributed by atoms with Crippen LogP contribution in [0.4, 0.5) is 0 Å². The van der Waals surface area contributed by atoms with Gasteiger partial charge in [-0.1, -0.05) is 36.2 Å². The SMILES string of the molecule is CC(C)c1c2c(cc(Br)c1C1(CN)CCC1)OCCCO2. The van der Waals surface area contributed by atoms with Crippen molar-refractivity contribution >= 4 is 15.9 Å². The summed E-state index contributed by atoms with van der Waals surface area (Å²) in [4.78, 5) is 0. The number of ether oxygens (including phenoxy) is 2. The fourth-order valence-electron chi connectivity index (χ4n) is 3.55. The van der Waals surface area contributed by atoms with Crippen molar-refractivity contribution in [1.29, 1.82) is 0 Å². The lowest BCUT2D eigenvalue weighted by molar-refractivity contribution is 0.246. The zero-order chi connectivity index (χ0) is 15.0. The molecule has 1 heterocycles. The Morgan fingerprint density at radius 2 is 1.95 bits per heavy atom. The lowest BCUT2D eigenvalue weighted by atomic mass is 9.62. The molecule has 0 unspecified atom stereocenters. The summed E-state index contributed by atoms with van der Waals surface area (Å²) in [7, 11) is 0. The van der Waals surface area contributed by atoms with E-state index in [4.69, 9.17) is 15.2 Å². The number of rotatable bonds is 3. The first-order chi connectivity index (χ1) is 10.1. The van der Waals surface area contributed by atoms with Gasteiger partial charge in [-0.25, -0.2) is 0 Å². The van der Waals surface area contributed by atoms with Gasteiger partial charge in [0.15, 0.2) is 11.5 Å². The maximum absolute atomic E-state index is 6.15. The van der Waals surface area contributed by atoms with E-state index in [1.54, 1.807) is 0 Å². The van der Waals surface area contributed by atoms with Crippen molar-refractivity contribution in [2.75, 3.05) is 19.8 Å². The van der Waals surface area contributed by atoms with Gasteiger partial charge in [-0.2, -0.15) is 0 Å². The Kier molecular flexibility index (Phi) is 4.19. The molecule has 0 aromatic heterocycles. The summed E-state index contributed by atoms with van der Waals surface area (Å²) in [6, 6.07) is 2.08. The van der Waals surface area contributed by atoms with Crippen molar-refractivity contribution in [3.05, 3.63) is 21.7 Å². The van der Waals surface area contributed by atoms with E-state index in [9.17, 15) is 0 Å². The maximum Gasteiger partial charge on any atom is 0.164 e. The highest BCUT2D eigenvalue weighted by atomic mass is 79.9. The van der Waals surface area contributed by atoms with Gasteiger partial charge >= 0.3 is 0 Å². The van der Waals surface area contributed by atoms with Crippen LogP contribution in [-0.2, 0) is 5.41 Å². The molecule has 0 spiro atoms. The molecule has 1 aliphatic carbocycles. The van der Waals surface area contributed by atoms with E-state index in [-0.39, 0.29) is 5.41 Å². The minimum atomic E-state index is 0.114. The van der Waals surface area contributed by atoms with Crippen LogP contribution in [0.1, 0.15) is 56.6 Å². The summed E-state index contributed by atoms with van der Waals surface area (Å²) in [5, 5.41) is 0. The van der Waals surface area contributed by atoms with Crippen LogP contribution in [-0.4, -0.2) is 19.8 Å². The molecule has 1 fully saturated rings. The second-order valence-electron chi connectivity index (χ2n) is 6.52. The molecule has 0 radical (unpaired) electrons. The normalized spacial score (nSPS) is 20.0. The van der Waals surface area contributed by atoms with Gasteiger partial charge in [0.2, 0.25) is 0 Å². The van der Waals surface area contributed by atoms with Gasteiger partial charge < -0.3 is 15.2 Å². The largest absolute Gasteiger partial charge is 0.490 e. The molecular weight excluding hydrogens is 330 g/mol. The van der Waals surface area contributed by atoms with Gasteiger partial charge in [0, 0.05) is 28.4 Å². The number of hydrogen-bond acceptors (Lipinski definition) is 3. The molecular formula is C17H24BrNO2. The van der Waals surface area contributed by atoms with E-state index in [1.165, 1.54) is 30.4 Å². The molecule has 1 aromatic carbocycles. The quantitative estimate of drug-likeness (QED) is 0.888. The average Bonchev–Trinajstić information content (AvgIpc) is 2.63. The first-order valence-corrected chi connectivity index (χ1v) is 8.71. The molecule has 116 valence electrons. The molecule has 21 heavy (non-hydrogen) atoms. The standard InChI is InChI=1S/C17H24BrNO2/c1-11(2)14-15(17(10-19)5-3-6-17)12(18)9-13-16(14)21-8-4-7-20-13/h9,11H,3-8,10,19H2,1-2H3. The Bertz CT molecular complexity index is 533. The Hall–Kier alpha value is -0.740. The zero-order valence-electron chi connectivity index (χ0n) is 12.9. The van der Waals surface area contributed by atoms with Crippen molar-refractivity contribution < 1.29 is 9.47 Å². The predicted octanol–water partition coefficient (Wildman–Crippen LogP) is 4.11. The lowest BCUT2D eigenvalue weighted by Gasteiger charge is -2.44. The van der Waals surface area contributed by atoms with Crippen LogP contribution >= 0.6 is 15.9 Å². The second-order valence-corrected chi connectivity index (χ2v) is 7.37. The first kappa shape index (κ1) is 15.2. The van der Waals surface area contributed by atoms with Crippen molar-refractivity contribution in [2.45, 2.75) is 50.9 Å². The van der Waals surface area contributed by atoms with Gasteiger partial charge in [-0.15, -0.1) is 0 Å². The van der Waals surface area contributed by atoms with Crippen molar-refractivity contribution in [3.8, 4) is 11.5 Å². The van der Waals surface area contributed by atoms with E-state index in [1.807, 2.05) is 0 Å². The summed E-state index contributed by atoms with van der Waals surface area (Å²) in [5.41, 5.74) is 8.91. The molecule has 3 nitrogen and oxygen atoms in total. The molecule has 2 N–H and O–H groups in total. The minimum absolute atomic E-state index is 0.114. The average molecular weight is 354 g/mol. The first-order valence-electron chi connectivity index (χ1n) is 7.91. The van der Waals surface area contributed by atoms with Gasteiger partial charge in [0.05, 0.1) is 13.2 Å². The third kappa shape index (κ3) is 2.46. The van der Waals surface area contributed by atoms with Crippen molar-refractivity contribution in [1.82, 2.24) is 0 Å². The van der Waals surface area contributed by atoms with Crippen LogP contribution in [0.3, 0.4) is 0 Å². The van der Waals surface area contributed by atoms with E-state index in [0.29, 0.717) is 12.5 Å². The predicted molar refractivity (Wildman–Crippen MR) is 88.4 cm³/mol. The molecule has 0 atom stereocenters. The fourth-order valence-corrected chi connectivity index (χ4v) is 4.39.